The summed E-state index contributed by atoms with van der Waals surface area (Å²) in [5, 5.41) is 2.79. The summed E-state index contributed by atoms with van der Waals surface area (Å²) in [6.07, 6.45) is 0. The van der Waals surface area contributed by atoms with Gasteiger partial charge >= 0.3 is 14.4 Å². The van der Waals surface area contributed by atoms with Gasteiger partial charge in [0, 0.05) is 0 Å². The molecule has 8 heavy (non-hydrogen) atoms. The van der Waals surface area contributed by atoms with Crippen molar-refractivity contribution in [3.05, 3.63) is 0 Å². The smallest absolute Gasteiger partial charge is 0.369 e. The fraction of sp³-hybridized carbons (Fsp3) is 1.00. The Morgan fingerprint density at radius 3 is 1.75 bits per heavy atom. The van der Waals surface area contributed by atoms with Gasteiger partial charge in [-0.2, -0.15) is 0 Å². The molecular weight excluding hydrogens is 113 g/mol. The summed E-state index contributed by atoms with van der Waals surface area (Å²) in [4.78, 5) is 0. The van der Waals surface area contributed by atoms with Crippen LogP contribution in [-0.4, -0.2) is 20.9 Å². The molecule has 0 aromatic carbocycles. The lowest BCUT2D eigenvalue weighted by Gasteiger charge is -2.04. The maximum Gasteiger partial charge on any atom is 0.369 e. The third-order valence-electron chi connectivity index (χ3n) is 1.48. The van der Waals surface area contributed by atoms with Crippen LogP contribution in [0.25, 0.3) is 0 Å². The van der Waals surface area contributed by atoms with E-state index in [-0.39, 0.29) is 0 Å². The third-order valence-corrected chi connectivity index (χ3v) is 4.44. The highest BCUT2D eigenvalue weighted by molar-refractivity contribution is 6.55. The number of nitrogens with one attached hydrogen (secondary N) is 1. The molecular formula is C6H16AlN. The molecule has 1 N–H and O–H groups in total. The zero-order chi connectivity index (χ0) is 6.41. The van der Waals surface area contributed by atoms with Gasteiger partial charge in [-0.05, 0) is 6.54 Å². The summed E-state index contributed by atoms with van der Waals surface area (Å²) in [6.45, 7) is 7.91. The largest absolute Gasteiger partial charge is 0.399 e. The van der Waals surface area contributed by atoms with Crippen LogP contribution in [0.5, 0.6) is 0 Å². The van der Waals surface area contributed by atoms with Crippen LogP contribution in [0.2, 0.25) is 10.6 Å². The Balaban J connectivity index is 3.07. The third kappa shape index (κ3) is 3.49. The maximum absolute atomic E-state index is 3.52. The van der Waals surface area contributed by atoms with Gasteiger partial charge in [-0.1, -0.05) is 31.3 Å². The second-order valence-corrected chi connectivity index (χ2v) is 5.51. The summed E-state index contributed by atoms with van der Waals surface area (Å²) < 4.78 is 3.52. The molecule has 0 aliphatic carbocycles. The van der Waals surface area contributed by atoms with Crippen LogP contribution in [0.1, 0.15) is 20.8 Å². The predicted molar refractivity (Wildman–Crippen MR) is 40.4 cm³/mol. The summed E-state index contributed by atoms with van der Waals surface area (Å²) in [5.41, 5.74) is 0. The first-order chi connectivity index (χ1) is 3.85. The van der Waals surface area contributed by atoms with Gasteiger partial charge in [0.15, 0.2) is 0 Å². The molecule has 0 saturated carbocycles. The SMILES string of the molecule is CC[NH][Al]([CH2]C)[CH2]C. The molecule has 0 spiro atoms. The summed E-state index contributed by atoms with van der Waals surface area (Å²) in [6, 6.07) is 0. The number of rotatable bonds is 4. The van der Waals surface area contributed by atoms with Gasteiger partial charge in [-0.25, -0.2) is 0 Å². The van der Waals surface area contributed by atoms with Gasteiger partial charge < -0.3 is 4.30 Å². The zero-order valence-corrected chi connectivity index (χ0v) is 7.35. The highest BCUT2D eigenvalue weighted by Gasteiger charge is 2.08. The van der Waals surface area contributed by atoms with E-state index in [9.17, 15) is 0 Å². The topological polar surface area (TPSA) is 12.0 Å². The summed E-state index contributed by atoms with van der Waals surface area (Å²) >= 11 is -0.442. The van der Waals surface area contributed by atoms with Crippen molar-refractivity contribution >= 4 is 14.4 Å². The van der Waals surface area contributed by atoms with Crippen molar-refractivity contribution in [2.75, 3.05) is 6.54 Å². The summed E-state index contributed by atoms with van der Waals surface area (Å²) in [7, 11) is 0. The van der Waals surface area contributed by atoms with E-state index in [0.717, 1.165) is 0 Å². The molecule has 2 heteroatoms. The minimum absolute atomic E-state index is 0.442. The predicted octanol–water partition coefficient (Wildman–Crippen LogP) is 1.63. The van der Waals surface area contributed by atoms with Gasteiger partial charge in [-0.3, -0.25) is 0 Å². The van der Waals surface area contributed by atoms with Crippen molar-refractivity contribution in [2.24, 2.45) is 0 Å². The molecule has 0 aromatic heterocycles. The van der Waals surface area contributed by atoms with E-state index >= 15 is 0 Å². The molecule has 0 fully saturated rings. The molecule has 0 saturated heterocycles. The normalized spacial score (nSPS) is 9.38. The minimum atomic E-state index is -0.442. The first-order valence-electron chi connectivity index (χ1n) is 3.58. The van der Waals surface area contributed by atoms with Crippen molar-refractivity contribution in [2.45, 2.75) is 31.3 Å². The van der Waals surface area contributed by atoms with E-state index in [2.05, 4.69) is 25.1 Å². The molecule has 0 aromatic rings. The molecule has 0 aliphatic heterocycles. The Morgan fingerprint density at radius 2 is 1.62 bits per heavy atom. The van der Waals surface area contributed by atoms with Crippen LogP contribution < -0.4 is 4.30 Å². The minimum Gasteiger partial charge on any atom is -0.399 e. The Labute approximate surface area is 57.1 Å². The van der Waals surface area contributed by atoms with Gasteiger partial charge in [0.05, 0.1) is 0 Å². The fourth-order valence-corrected chi connectivity index (χ4v) is 2.60. The zero-order valence-electron chi connectivity index (χ0n) is 6.20. The molecule has 0 bridgehead atoms. The monoisotopic (exact) mass is 129 g/mol. The number of hydrogen-bond donors (Lipinski definition) is 1. The highest BCUT2D eigenvalue weighted by atomic mass is 27.2. The van der Waals surface area contributed by atoms with Crippen LogP contribution >= 0.6 is 0 Å². The van der Waals surface area contributed by atoms with Gasteiger partial charge in [0.2, 0.25) is 0 Å². The first-order valence-corrected chi connectivity index (χ1v) is 5.79. The Bertz CT molecular complexity index is 43.8. The average molecular weight is 129 g/mol. The van der Waals surface area contributed by atoms with Crippen LogP contribution in [0, 0.1) is 0 Å². The second kappa shape index (κ2) is 5.63. The molecule has 0 heterocycles. The number of hydrogen-bond acceptors (Lipinski definition) is 1. The van der Waals surface area contributed by atoms with E-state index in [1.165, 1.54) is 17.1 Å². The molecule has 48 valence electrons. The van der Waals surface area contributed by atoms with Gasteiger partial charge in [0.1, 0.15) is 0 Å². The van der Waals surface area contributed by atoms with E-state index in [1.54, 1.807) is 0 Å². The Morgan fingerprint density at radius 1 is 1.12 bits per heavy atom. The lowest BCUT2D eigenvalue weighted by atomic mass is 10.8. The average Bonchev–Trinajstić information content (AvgIpc) is 1.83. The van der Waals surface area contributed by atoms with E-state index in [1.807, 2.05) is 0 Å². The molecule has 1 nitrogen and oxygen atoms in total. The van der Waals surface area contributed by atoms with Crippen LogP contribution in [-0.2, 0) is 0 Å². The second-order valence-electron chi connectivity index (χ2n) is 2.07. The quantitative estimate of drug-likeness (QED) is 0.569. The van der Waals surface area contributed by atoms with E-state index in [0.29, 0.717) is 0 Å². The van der Waals surface area contributed by atoms with Crippen LogP contribution in [0.3, 0.4) is 0 Å². The fourth-order valence-electron chi connectivity index (χ4n) is 0.866. The Hall–Kier alpha value is 0.492. The first kappa shape index (κ1) is 8.49. The van der Waals surface area contributed by atoms with E-state index < -0.39 is 14.4 Å². The highest BCUT2D eigenvalue weighted by Crippen LogP contribution is 1.91. The Kier molecular flexibility index (Phi) is 5.97. The van der Waals surface area contributed by atoms with Crippen molar-refractivity contribution in [1.29, 1.82) is 0 Å². The molecule has 0 amide bonds. The van der Waals surface area contributed by atoms with Crippen molar-refractivity contribution in [3.8, 4) is 0 Å². The lowest BCUT2D eigenvalue weighted by Crippen LogP contribution is -2.31. The molecule has 0 unspecified atom stereocenters. The molecule has 0 aliphatic rings. The van der Waals surface area contributed by atoms with Gasteiger partial charge in [0.25, 0.3) is 0 Å². The van der Waals surface area contributed by atoms with E-state index in [4.69, 9.17) is 0 Å². The van der Waals surface area contributed by atoms with Crippen molar-refractivity contribution in [3.63, 3.8) is 0 Å². The molecule has 0 rings (SSSR count). The van der Waals surface area contributed by atoms with Gasteiger partial charge in [-0.15, -0.1) is 0 Å². The standard InChI is InChI=1S/C2H6N.2C2H5.Al/c1-2-3;2*1-2;/h3H,2H2,1H3;2*1H2,2H3;/q-1;;;+1. The lowest BCUT2D eigenvalue weighted by molar-refractivity contribution is 0.961. The molecule has 0 radical (unpaired) electrons. The van der Waals surface area contributed by atoms with Crippen molar-refractivity contribution in [1.82, 2.24) is 4.30 Å². The molecule has 0 atom stereocenters. The van der Waals surface area contributed by atoms with Crippen LogP contribution in [0.4, 0.5) is 0 Å². The van der Waals surface area contributed by atoms with Crippen LogP contribution in [0.15, 0.2) is 0 Å². The maximum atomic E-state index is 3.52. The summed E-state index contributed by atoms with van der Waals surface area (Å²) in [5.74, 6) is 0. The van der Waals surface area contributed by atoms with Crippen molar-refractivity contribution < 1.29 is 0 Å².